The van der Waals surface area contributed by atoms with Crippen LogP contribution in [-0.4, -0.2) is 12.1 Å². The van der Waals surface area contributed by atoms with Crippen LogP contribution in [0.4, 0.5) is 4.79 Å². The Hall–Kier alpha value is -0.930. The molecule has 20 heavy (non-hydrogen) atoms. The van der Waals surface area contributed by atoms with E-state index in [2.05, 4.69) is 5.32 Å². The van der Waals surface area contributed by atoms with Gasteiger partial charge in [-0.25, -0.2) is 4.79 Å². The Labute approximate surface area is 129 Å². The van der Waals surface area contributed by atoms with Crippen LogP contribution in [0.1, 0.15) is 43.2 Å². The number of halogens is 2. The summed E-state index contributed by atoms with van der Waals surface area (Å²) in [5.74, 6) is 1.23. The van der Waals surface area contributed by atoms with Gasteiger partial charge in [-0.2, -0.15) is 0 Å². The molecule has 1 aliphatic rings. The van der Waals surface area contributed by atoms with Crippen molar-refractivity contribution in [2.24, 2.45) is 0 Å². The third-order valence-corrected chi connectivity index (χ3v) is 4.09. The van der Waals surface area contributed by atoms with Crippen molar-refractivity contribution in [2.45, 2.75) is 49.9 Å². The average molecular weight is 316 g/mol. The molecule has 3 nitrogen and oxygen atoms in total. The lowest BCUT2D eigenvalue weighted by Gasteiger charge is -2.22. The van der Waals surface area contributed by atoms with E-state index in [1.807, 2.05) is 6.07 Å². The summed E-state index contributed by atoms with van der Waals surface area (Å²) in [5.41, 5.74) is 1.79. The van der Waals surface area contributed by atoms with Gasteiger partial charge in [0.05, 0.1) is 0 Å². The molecule has 110 valence electrons. The van der Waals surface area contributed by atoms with E-state index >= 15 is 0 Å². The van der Waals surface area contributed by atoms with Crippen molar-refractivity contribution < 1.29 is 9.53 Å². The lowest BCUT2D eigenvalue weighted by atomic mass is 9.96. The second-order valence-corrected chi connectivity index (χ2v) is 5.66. The highest BCUT2D eigenvalue weighted by Gasteiger charge is 2.17. The van der Waals surface area contributed by atoms with Gasteiger partial charge in [-0.3, -0.25) is 0 Å². The number of rotatable bonds is 4. The fourth-order valence-electron chi connectivity index (χ4n) is 2.49. The van der Waals surface area contributed by atoms with E-state index in [1.54, 1.807) is 12.1 Å². The zero-order chi connectivity index (χ0) is 14.4. The minimum absolute atomic E-state index is 0.236. The molecule has 1 amide bonds. The van der Waals surface area contributed by atoms with Crippen LogP contribution < -0.4 is 10.1 Å². The second-order valence-electron chi connectivity index (χ2n) is 5.12. The molecule has 1 N–H and O–H groups in total. The van der Waals surface area contributed by atoms with Crippen LogP contribution in [0, 0.1) is 0 Å². The fraction of sp³-hybridized carbons (Fsp3) is 0.533. The summed E-state index contributed by atoms with van der Waals surface area (Å²) in [6.45, 7) is 0. The van der Waals surface area contributed by atoms with E-state index in [-0.39, 0.29) is 6.04 Å². The first-order valence-electron chi connectivity index (χ1n) is 6.94. The third kappa shape index (κ3) is 4.57. The molecule has 0 spiro atoms. The van der Waals surface area contributed by atoms with E-state index in [0.29, 0.717) is 17.5 Å². The maximum Gasteiger partial charge on any atom is 0.412 e. The molecule has 1 aromatic rings. The zero-order valence-electron chi connectivity index (χ0n) is 11.3. The van der Waals surface area contributed by atoms with Crippen LogP contribution in [0.15, 0.2) is 18.2 Å². The molecule has 0 aliphatic heterocycles. The van der Waals surface area contributed by atoms with Crippen LogP contribution in [0.3, 0.4) is 0 Å². The smallest absolute Gasteiger partial charge is 0.410 e. The Morgan fingerprint density at radius 2 is 1.70 bits per heavy atom. The maximum absolute atomic E-state index is 11.9. The van der Waals surface area contributed by atoms with Crippen LogP contribution in [-0.2, 0) is 11.8 Å². The van der Waals surface area contributed by atoms with Gasteiger partial charge >= 0.3 is 6.09 Å². The Morgan fingerprint density at radius 1 is 1.10 bits per heavy atom. The molecule has 5 heteroatoms. The van der Waals surface area contributed by atoms with Gasteiger partial charge in [0.2, 0.25) is 0 Å². The molecule has 0 bridgehead atoms. The molecule has 0 saturated heterocycles. The molecule has 2 rings (SSSR count). The van der Waals surface area contributed by atoms with Crippen LogP contribution in [0.2, 0.25) is 0 Å². The minimum Gasteiger partial charge on any atom is -0.410 e. The lowest BCUT2D eigenvalue weighted by Crippen LogP contribution is -2.38. The van der Waals surface area contributed by atoms with E-state index in [4.69, 9.17) is 27.9 Å². The molecular weight excluding hydrogens is 297 g/mol. The number of hydrogen-bond acceptors (Lipinski definition) is 2. The monoisotopic (exact) mass is 315 g/mol. The van der Waals surface area contributed by atoms with Gasteiger partial charge in [-0.1, -0.05) is 25.3 Å². The van der Waals surface area contributed by atoms with Crippen LogP contribution in [0.5, 0.6) is 5.75 Å². The van der Waals surface area contributed by atoms with E-state index in [1.165, 1.54) is 19.3 Å². The lowest BCUT2D eigenvalue weighted by molar-refractivity contribution is 0.192. The molecular formula is C15H19Cl2NO2. The number of hydrogen-bond donors (Lipinski definition) is 1. The normalized spacial score (nSPS) is 15.9. The highest BCUT2D eigenvalue weighted by molar-refractivity contribution is 6.17. The highest BCUT2D eigenvalue weighted by atomic mass is 35.5. The topological polar surface area (TPSA) is 38.3 Å². The van der Waals surface area contributed by atoms with Gasteiger partial charge < -0.3 is 10.1 Å². The predicted octanol–water partition coefficient (Wildman–Crippen LogP) is 4.59. The Morgan fingerprint density at radius 3 is 2.25 bits per heavy atom. The Kier molecular flexibility index (Phi) is 5.99. The first-order valence-corrected chi connectivity index (χ1v) is 8.01. The summed E-state index contributed by atoms with van der Waals surface area (Å²) in [4.78, 5) is 11.9. The number of nitrogens with one attached hydrogen (secondary N) is 1. The average Bonchev–Trinajstić information content (AvgIpc) is 2.47. The number of alkyl halides is 2. The predicted molar refractivity (Wildman–Crippen MR) is 81.6 cm³/mol. The minimum atomic E-state index is -0.399. The Bertz CT molecular complexity index is 437. The summed E-state index contributed by atoms with van der Waals surface area (Å²) in [7, 11) is 0. The molecule has 0 atom stereocenters. The van der Waals surface area contributed by atoms with Crippen molar-refractivity contribution >= 4 is 29.3 Å². The van der Waals surface area contributed by atoms with Crippen molar-refractivity contribution in [3.05, 3.63) is 29.3 Å². The molecule has 0 radical (unpaired) electrons. The van der Waals surface area contributed by atoms with Gasteiger partial charge in [0.15, 0.2) is 0 Å². The molecule has 0 aromatic heterocycles. The maximum atomic E-state index is 11.9. The standard InChI is InChI=1S/C15H19Cl2NO2/c16-9-11-6-12(10-17)8-14(7-11)20-15(19)18-13-4-2-1-3-5-13/h6-8,13H,1-5,9-10H2,(H,18,19). The van der Waals surface area contributed by atoms with E-state index in [0.717, 1.165) is 24.0 Å². The SMILES string of the molecule is O=C(NC1CCCCC1)Oc1cc(CCl)cc(CCl)c1. The first kappa shape index (κ1) is 15.5. The summed E-state index contributed by atoms with van der Waals surface area (Å²) in [6, 6.07) is 5.68. The molecule has 1 aliphatic carbocycles. The molecule has 0 heterocycles. The third-order valence-electron chi connectivity index (χ3n) is 3.47. The number of benzene rings is 1. The van der Waals surface area contributed by atoms with Gasteiger partial charge in [-0.05, 0) is 36.1 Å². The van der Waals surface area contributed by atoms with Crippen LogP contribution >= 0.6 is 23.2 Å². The van der Waals surface area contributed by atoms with Gasteiger partial charge in [0, 0.05) is 17.8 Å². The number of carbonyl (C=O) groups excluding carboxylic acids is 1. The number of ether oxygens (including phenoxy) is 1. The van der Waals surface area contributed by atoms with Crippen molar-refractivity contribution in [1.29, 1.82) is 0 Å². The van der Waals surface area contributed by atoms with Crippen molar-refractivity contribution in [1.82, 2.24) is 5.32 Å². The molecule has 0 unspecified atom stereocenters. The van der Waals surface area contributed by atoms with Crippen LogP contribution in [0.25, 0.3) is 0 Å². The highest BCUT2D eigenvalue weighted by Crippen LogP contribution is 2.21. The largest absolute Gasteiger partial charge is 0.412 e. The Balaban J connectivity index is 1.95. The van der Waals surface area contributed by atoms with E-state index in [9.17, 15) is 4.79 Å². The summed E-state index contributed by atoms with van der Waals surface area (Å²) in [6.07, 6.45) is 5.26. The van der Waals surface area contributed by atoms with Crippen molar-refractivity contribution in [3.8, 4) is 5.75 Å². The zero-order valence-corrected chi connectivity index (χ0v) is 12.8. The summed E-state index contributed by atoms with van der Waals surface area (Å²) < 4.78 is 5.33. The molecule has 1 saturated carbocycles. The van der Waals surface area contributed by atoms with Gasteiger partial charge in [0.25, 0.3) is 0 Å². The fourth-order valence-corrected chi connectivity index (χ4v) is 2.80. The summed E-state index contributed by atoms with van der Waals surface area (Å²) in [5, 5.41) is 2.92. The molecule has 1 aromatic carbocycles. The van der Waals surface area contributed by atoms with E-state index < -0.39 is 6.09 Å². The van der Waals surface area contributed by atoms with Gasteiger partial charge in [-0.15, -0.1) is 23.2 Å². The van der Waals surface area contributed by atoms with Crippen molar-refractivity contribution in [3.63, 3.8) is 0 Å². The van der Waals surface area contributed by atoms with Crippen molar-refractivity contribution in [2.75, 3.05) is 0 Å². The quantitative estimate of drug-likeness (QED) is 0.825. The number of carbonyl (C=O) groups is 1. The summed E-state index contributed by atoms with van der Waals surface area (Å²) >= 11 is 11.6. The second kappa shape index (κ2) is 7.75. The first-order chi connectivity index (χ1) is 9.71. The number of amides is 1. The van der Waals surface area contributed by atoms with Gasteiger partial charge in [0.1, 0.15) is 5.75 Å². The molecule has 1 fully saturated rings.